The molecule has 0 saturated heterocycles. The summed E-state index contributed by atoms with van der Waals surface area (Å²) in [6.45, 7) is 0.328. The molecule has 3 nitrogen and oxygen atoms in total. The van der Waals surface area contributed by atoms with Gasteiger partial charge in [0.2, 0.25) is 0 Å². The van der Waals surface area contributed by atoms with Gasteiger partial charge in [-0.1, -0.05) is 53.0 Å². The Labute approximate surface area is 198 Å². The fourth-order valence-electron chi connectivity index (χ4n) is 2.79. The zero-order valence-corrected chi connectivity index (χ0v) is 19.6. The molecule has 0 amide bonds. The Kier molecular flexibility index (Phi) is 7.69. The third kappa shape index (κ3) is 5.50. The third-order valence-electron chi connectivity index (χ3n) is 4.18. The Morgan fingerprint density at radius 2 is 1.83 bits per heavy atom. The number of allylic oxidation sites excluding steroid dienone is 1. The first-order chi connectivity index (χ1) is 14.4. The van der Waals surface area contributed by atoms with Crippen molar-refractivity contribution in [2.75, 3.05) is 7.11 Å². The van der Waals surface area contributed by atoms with Crippen molar-refractivity contribution >= 4 is 62.4 Å². The molecule has 0 radical (unpaired) electrons. The van der Waals surface area contributed by atoms with Crippen molar-refractivity contribution in [3.05, 3.63) is 90.8 Å². The number of nitriles is 1. The molecule has 152 valence electrons. The summed E-state index contributed by atoms with van der Waals surface area (Å²) in [5.74, 6) is 1.08. The van der Waals surface area contributed by atoms with E-state index in [0.29, 0.717) is 48.8 Å². The average molecular weight is 524 g/mol. The smallest absolute Gasteiger partial charge is 0.175 e. The fraction of sp³-hybridized carbons (Fsp3) is 0.0870. The number of hydrogen-bond donors (Lipinski definition) is 0. The Morgan fingerprint density at radius 1 is 1.07 bits per heavy atom. The quantitative estimate of drug-likeness (QED) is 0.242. The lowest BCUT2D eigenvalue weighted by molar-refractivity contribution is 0.282. The molecule has 0 aromatic heterocycles. The molecule has 0 unspecified atom stereocenters. The van der Waals surface area contributed by atoms with Crippen molar-refractivity contribution in [2.45, 2.75) is 6.61 Å². The molecule has 0 aliphatic rings. The number of benzene rings is 3. The molecule has 3 rings (SSSR count). The lowest BCUT2D eigenvalue weighted by atomic mass is 10.0. The highest BCUT2D eigenvalue weighted by atomic mass is 79.9. The molecule has 3 aromatic carbocycles. The van der Waals surface area contributed by atoms with Gasteiger partial charge in [-0.3, -0.25) is 0 Å². The third-order valence-corrected chi connectivity index (χ3v) is 5.55. The normalized spacial score (nSPS) is 11.1. The second-order valence-electron chi connectivity index (χ2n) is 6.25. The number of hydrogen-bond acceptors (Lipinski definition) is 3. The van der Waals surface area contributed by atoms with Crippen LogP contribution in [-0.4, -0.2) is 7.11 Å². The molecular weight excluding hydrogens is 509 g/mol. The zero-order valence-electron chi connectivity index (χ0n) is 15.8. The first-order valence-electron chi connectivity index (χ1n) is 8.73. The lowest BCUT2D eigenvalue weighted by Gasteiger charge is -2.14. The molecule has 0 spiro atoms. The number of nitrogens with zero attached hydrogens (tertiary/aromatic N) is 1. The van der Waals surface area contributed by atoms with E-state index < -0.39 is 0 Å². The Bertz CT molecular complexity index is 1160. The van der Waals surface area contributed by atoms with E-state index in [-0.39, 0.29) is 0 Å². The molecule has 0 aliphatic heterocycles. The van der Waals surface area contributed by atoms with E-state index in [2.05, 4.69) is 22.0 Å². The minimum absolute atomic E-state index is 0.328. The van der Waals surface area contributed by atoms with Crippen molar-refractivity contribution in [2.24, 2.45) is 0 Å². The summed E-state index contributed by atoms with van der Waals surface area (Å²) in [5.41, 5.74) is 2.68. The van der Waals surface area contributed by atoms with Gasteiger partial charge in [-0.25, -0.2) is 0 Å². The molecule has 0 heterocycles. The molecule has 3 aromatic rings. The van der Waals surface area contributed by atoms with E-state index in [1.807, 2.05) is 30.3 Å². The first kappa shape index (κ1) is 22.5. The predicted molar refractivity (Wildman–Crippen MR) is 126 cm³/mol. The maximum atomic E-state index is 9.63. The van der Waals surface area contributed by atoms with Crippen molar-refractivity contribution < 1.29 is 9.47 Å². The second-order valence-corrected chi connectivity index (χ2v) is 8.38. The number of methoxy groups -OCH3 is 1. The van der Waals surface area contributed by atoms with Crippen LogP contribution >= 0.6 is 50.7 Å². The van der Waals surface area contributed by atoms with Crippen LogP contribution in [0.25, 0.3) is 11.6 Å². The van der Waals surface area contributed by atoms with Crippen LogP contribution in [0.2, 0.25) is 15.1 Å². The summed E-state index contributed by atoms with van der Waals surface area (Å²) in [5, 5.41) is 11.2. The number of halogens is 4. The van der Waals surface area contributed by atoms with E-state index in [4.69, 9.17) is 44.3 Å². The molecule has 30 heavy (non-hydrogen) atoms. The van der Waals surface area contributed by atoms with Gasteiger partial charge in [0.1, 0.15) is 6.61 Å². The van der Waals surface area contributed by atoms with E-state index in [1.165, 1.54) is 0 Å². The Balaban J connectivity index is 1.92. The van der Waals surface area contributed by atoms with Crippen LogP contribution in [0.3, 0.4) is 0 Å². The minimum Gasteiger partial charge on any atom is -0.493 e. The van der Waals surface area contributed by atoms with Crippen molar-refractivity contribution in [3.8, 4) is 17.6 Å². The van der Waals surface area contributed by atoms with Gasteiger partial charge in [0.05, 0.1) is 28.2 Å². The standard InChI is InChI=1S/C23H15BrCl3NO2/c1-29-22-10-15(7-16(12-28)19-6-5-18(26)11-21(19)27)9-20(24)23(22)30-13-14-3-2-4-17(25)8-14/h2-11H,13H2,1H3/b16-7+. The molecule has 0 bridgehead atoms. The van der Waals surface area contributed by atoms with E-state index in [1.54, 1.807) is 37.5 Å². The topological polar surface area (TPSA) is 42.2 Å². The Hall–Kier alpha value is -2.16. The number of ether oxygens (including phenoxy) is 2. The van der Waals surface area contributed by atoms with Crippen LogP contribution in [0, 0.1) is 11.3 Å². The Morgan fingerprint density at radius 3 is 2.50 bits per heavy atom. The van der Waals surface area contributed by atoms with E-state index in [9.17, 15) is 5.26 Å². The van der Waals surface area contributed by atoms with E-state index in [0.717, 1.165) is 11.1 Å². The van der Waals surface area contributed by atoms with Crippen LogP contribution in [0.1, 0.15) is 16.7 Å². The molecule has 0 aliphatic carbocycles. The molecule has 7 heteroatoms. The van der Waals surface area contributed by atoms with Gasteiger partial charge in [-0.2, -0.15) is 5.26 Å². The lowest BCUT2D eigenvalue weighted by Crippen LogP contribution is -1.99. The first-order valence-corrected chi connectivity index (χ1v) is 10.7. The van der Waals surface area contributed by atoms with Crippen molar-refractivity contribution in [1.29, 1.82) is 5.26 Å². The minimum atomic E-state index is 0.328. The molecule has 0 N–H and O–H groups in total. The molecule has 0 fully saturated rings. The predicted octanol–water partition coefficient (Wildman–Crippen LogP) is 8.06. The maximum Gasteiger partial charge on any atom is 0.175 e. The van der Waals surface area contributed by atoms with Gasteiger partial charge in [0, 0.05) is 15.6 Å². The second kappa shape index (κ2) is 10.2. The highest BCUT2D eigenvalue weighted by molar-refractivity contribution is 9.10. The van der Waals surface area contributed by atoms with Gasteiger partial charge in [0.25, 0.3) is 0 Å². The van der Waals surface area contributed by atoms with Gasteiger partial charge in [-0.15, -0.1) is 0 Å². The van der Waals surface area contributed by atoms with Gasteiger partial charge in [-0.05, 0) is 69.5 Å². The van der Waals surface area contributed by atoms with Crippen molar-refractivity contribution in [1.82, 2.24) is 0 Å². The molecule has 0 atom stereocenters. The van der Waals surface area contributed by atoms with Gasteiger partial charge >= 0.3 is 0 Å². The van der Waals surface area contributed by atoms with Crippen LogP contribution in [0.5, 0.6) is 11.5 Å². The van der Waals surface area contributed by atoms with Gasteiger partial charge in [0.15, 0.2) is 11.5 Å². The average Bonchev–Trinajstić information content (AvgIpc) is 2.71. The summed E-state index contributed by atoms with van der Waals surface area (Å²) >= 11 is 21.8. The van der Waals surface area contributed by atoms with Gasteiger partial charge < -0.3 is 9.47 Å². The van der Waals surface area contributed by atoms with Crippen LogP contribution in [0.4, 0.5) is 0 Å². The number of rotatable bonds is 6. The van der Waals surface area contributed by atoms with E-state index >= 15 is 0 Å². The molecule has 0 saturated carbocycles. The zero-order chi connectivity index (χ0) is 21.7. The highest BCUT2D eigenvalue weighted by Gasteiger charge is 2.13. The maximum absolute atomic E-state index is 9.63. The van der Waals surface area contributed by atoms with Crippen LogP contribution < -0.4 is 9.47 Å². The summed E-state index contributed by atoms with van der Waals surface area (Å²) in [7, 11) is 1.56. The summed E-state index contributed by atoms with van der Waals surface area (Å²) < 4.78 is 12.1. The largest absolute Gasteiger partial charge is 0.493 e. The fourth-order valence-corrected chi connectivity index (χ4v) is 4.09. The summed E-state index contributed by atoms with van der Waals surface area (Å²) in [6, 6.07) is 18.3. The summed E-state index contributed by atoms with van der Waals surface area (Å²) in [6.07, 6.45) is 1.73. The monoisotopic (exact) mass is 521 g/mol. The SMILES string of the molecule is COc1cc(/C=C(\C#N)c2ccc(Cl)cc2Cl)cc(Br)c1OCc1cccc(Cl)c1. The van der Waals surface area contributed by atoms with Crippen LogP contribution in [0.15, 0.2) is 59.1 Å². The highest BCUT2D eigenvalue weighted by Crippen LogP contribution is 2.38. The summed E-state index contributed by atoms with van der Waals surface area (Å²) in [4.78, 5) is 0. The van der Waals surface area contributed by atoms with Crippen molar-refractivity contribution in [3.63, 3.8) is 0 Å². The molecular formula is C23H15BrCl3NO2. The van der Waals surface area contributed by atoms with Crippen LogP contribution in [-0.2, 0) is 6.61 Å².